The molecule has 0 aromatic heterocycles. The molecule has 1 aromatic carbocycles. The van der Waals surface area contributed by atoms with E-state index in [1.165, 1.54) is 22.7 Å². The number of rotatable bonds is 5. The molecule has 1 aliphatic heterocycles. The molecule has 0 bridgehead atoms. The first-order valence-electron chi connectivity index (χ1n) is 7.34. The van der Waals surface area contributed by atoms with Gasteiger partial charge in [0.15, 0.2) is 5.17 Å². The molecular formula is C16H18BrN3O3S. The monoisotopic (exact) mass is 411 g/mol. The third-order valence-corrected chi connectivity index (χ3v) is 4.89. The van der Waals surface area contributed by atoms with Crippen LogP contribution in [0.5, 0.6) is 5.75 Å². The van der Waals surface area contributed by atoms with Crippen molar-refractivity contribution in [2.24, 2.45) is 4.99 Å². The molecule has 24 heavy (non-hydrogen) atoms. The number of carbonyl (C=O) groups excluding carboxylic acids is 2. The lowest BCUT2D eigenvalue weighted by Crippen LogP contribution is -2.24. The average molecular weight is 412 g/mol. The maximum atomic E-state index is 12.1. The van der Waals surface area contributed by atoms with Gasteiger partial charge in [0, 0.05) is 25.9 Å². The highest BCUT2D eigenvalue weighted by molar-refractivity contribution is 9.10. The van der Waals surface area contributed by atoms with Gasteiger partial charge in [-0.25, -0.2) is 0 Å². The SMILES string of the molecule is CCCOc1ccc(NC(=O)/C=C2/SC(=NC)N(C)C2=O)cc1Br. The first-order chi connectivity index (χ1) is 11.5. The summed E-state index contributed by atoms with van der Waals surface area (Å²) in [5, 5.41) is 3.31. The van der Waals surface area contributed by atoms with Crippen molar-refractivity contribution in [3.63, 3.8) is 0 Å². The zero-order valence-electron chi connectivity index (χ0n) is 13.6. The van der Waals surface area contributed by atoms with Crippen LogP contribution in [-0.4, -0.2) is 42.6 Å². The number of likely N-dealkylation sites (N-methyl/N-ethyl adjacent to an activating group) is 1. The summed E-state index contributed by atoms with van der Waals surface area (Å²) in [4.78, 5) is 29.9. The van der Waals surface area contributed by atoms with Crippen LogP contribution >= 0.6 is 27.7 Å². The Morgan fingerprint density at radius 2 is 2.25 bits per heavy atom. The number of carbonyl (C=O) groups is 2. The Balaban J connectivity index is 2.06. The summed E-state index contributed by atoms with van der Waals surface area (Å²) in [7, 11) is 3.23. The number of aliphatic imine (C=N–C) groups is 1. The second-order valence-corrected chi connectivity index (χ2v) is 6.83. The minimum Gasteiger partial charge on any atom is -0.492 e. The Kier molecular flexibility index (Phi) is 6.44. The summed E-state index contributed by atoms with van der Waals surface area (Å²) in [6.07, 6.45) is 2.21. The molecular weight excluding hydrogens is 394 g/mol. The highest BCUT2D eigenvalue weighted by atomic mass is 79.9. The summed E-state index contributed by atoms with van der Waals surface area (Å²) in [5.74, 6) is 0.117. The Morgan fingerprint density at radius 3 is 2.83 bits per heavy atom. The van der Waals surface area contributed by atoms with Gasteiger partial charge < -0.3 is 10.1 Å². The third-order valence-electron chi connectivity index (χ3n) is 3.12. The maximum absolute atomic E-state index is 12.1. The van der Waals surface area contributed by atoms with E-state index >= 15 is 0 Å². The van der Waals surface area contributed by atoms with E-state index in [9.17, 15) is 9.59 Å². The van der Waals surface area contributed by atoms with E-state index in [1.807, 2.05) is 6.92 Å². The van der Waals surface area contributed by atoms with E-state index in [0.29, 0.717) is 22.4 Å². The molecule has 128 valence electrons. The standard InChI is InChI=1S/C16H18BrN3O3S/c1-4-7-23-12-6-5-10(8-11(12)17)19-14(21)9-13-15(22)20(3)16(18-2)24-13/h5-6,8-9H,4,7H2,1-3H3,(H,19,21)/b13-9+,18-16?. The molecule has 0 saturated carbocycles. The third kappa shape index (κ3) is 4.39. The van der Waals surface area contributed by atoms with Crippen LogP contribution in [-0.2, 0) is 9.59 Å². The number of hydrogen-bond donors (Lipinski definition) is 1. The van der Waals surface area contributed by atoms with Crippen molar-refractivity contribution in [2.75, 3.05) is 26.0 Å². The first-order valence-corrected chi connectivity index (χ1v) is 8.95. The fourth-order valence-electron chi connectivity index (χ4n) is 1.95. The Labute approximate surface area is 153 Å². The van der Waals surface area contributed by atoms with Crippen molar-refractivity contribution in [1.29, 1.82) is 0 Å². The summed E-state index contributed by atoms with van der Waals surface area (Å²) < 4.78 is 6.32. The lowest BCUT2D eigenvalue weighted by molar-refractivity contribution is -0.121. The normalized spacial score (nSPS) is 17.7. The number of ether oxygens (including phenoxy) is 1. The predicted octanol–water partition coefficient (Wildman–Crippen LogP) is 3.25. The van der Waals surface area contributed by atoms with Crippen LogP contribution in [0.25, 0.3) is 0 Å². The van der Waals surface area contributed by atoms with Gasteiger partial charge >= 0.3 is 0 Å². The van der Waals surface area contributed by atoms with Gasteiger partial charge in [-0.3, -0.25) is 19.5 Å². The second-order valence-electron chi connectivity index (χ2n) is 4.96. The maximum Gasteiger partial charge on any atom is 0.266 e. The van der Waals surface area contributed by atoms with E-state index in [2.05, 4.69) is 26.2 Å². The van der Waals surface area contributed by atoms with Crippen LogP contribution in [0.4, 0.5) is 5.69 Å². The molecule has 0 unspecified atom stereocenters. The van der Waals surface area contributed by atoms with E-state index in [4.69, 9.17) is 4.74 Å². The van der Waals surface area contributed by atoms with Gasteiger partial charge in [-0.1, -0.05) is 6.92 Å². The minimum absolute atomic E-state index is 0.236. The van der Waals surface area contributed by atoms with Crippen LogP contribution in [0.2, 0.25) is 0 Å². The van der Waals surface area contributed by atoms with Gasteiger partial charge in [-0.05, 0) is 52.3 Å². The highest BCUT2D eigenvalue weighted by Gasteiger charge is 2.30. The number of thioether (sulfide) groups is 1. The molecule has 0 radical (unpaired) electrons. The number of nitrogens with one attached hydrogen (secondary N) is 1. The first kappa shape index (κ1) is 18.5. The molecule has 0 atom stereocenters. The highest BCUT2D eigenvalue weighted by Crippen LogP contribution is 2.30. The molecule has 2 amide bonds. The molecule has 2 rings (SSSR count). The second kappa shape index (κ2) is 8.34. The van der Waals surface area contributed by atoms with Gasteiger partial charge in [0.2, 0.25) is 5.91 Å². The average Bonchev–Trinajstić information content (AvgIpc) is 2.82. The topological polar surface area (TPSA) is 71.0 Å². The number of benzene rings is 1. The summed E-state index contributed by atoms with van der Waals surface area (Å²) in [6, 6.07) is 5.30. The van der Waals surface area contributed by atoms with Gasteiger partial charge in [-0.2, -0.15) is 0 Å². The molecule has 1 N–H and O–H groups in total. The molecule has 0 aliphatic carbocycles. The predicted molar refractivity (Wildman–Crippen MR) is 100 cm³/mol. The molecule has 0 spiro atoms. The molecule has 1 aliphatic rings. The Morgan fingerprint density at radius 1 is 1.50 bits per heavy atom. The largest absolute Gasteiger partial charge is 0.492 e. The zero-order chi connectivity index (χ0) is 17.7. The lowest BCUT2D eigenvalue weighted by atomic mass is 10.3. The number of anilines is 1. The van der Waals surface area contributed by atoms with Crippen molar-refractivity contribution < 1.29 is 14.3 Å². The molecule has 8 heteroatoms. The Hall–Kier alpha value is -1.80. The van der Waals surface area contributed by atoms with Crippen LogP contribution in [0.1, 0.15) is 13.3 Å². The molecule has 1 fully saturated rings. The number of amidine groups is 1. The van der Waals surface area contributed by atoms with Gasteiger partial charge in [0.1, 0.15) is 5.75 Å². The summed E-state index contributed by atoms with van der Waals surface area (Å²) in [5.41, 5.74) is 0.612. The molecule has 1 aromatic rings. The number of hydrogen-bond acceptors (Lipinski definition) is 5. The van der Waals surface area contributed by atoms with Crippen molar-refractivity contribution in [1.82, 2.24) is 4.90 Å². The van der Waals surface area contributed by atoms with Crippen molar-refractivity contribution in [3.05, 3.63) is 33.7 Å². The van der Waals surface area contributed by atoms with Gasteiger partial charge in [0.25, 0.3) is 5.91 Å². The summed E-state index contributed by atoms with van der Waals surface area (Å²) in [6.45, 7) is 2.66. The lowest BCUT2D eigenvalue weighted by Gasteiger charge is -2.09. The summed E-state index contributed by atoms with van der Waals surface area (Å²) >= 11 is 4.60. The van der Waals surface area contributed by atoms with E-state index in [1.54, 1.807) is 32.3 Å². The number of nitrogens with zero attached hydrogens (tertiary/aromatic N) is 2. The van der Waals surface area contributed by atoms with Gasteiger partial charge in [0.05, 0.1) is 16.0 Å². The van der Waals surface area contributed by atoms with E-state index < -0.39 is 0 Å². The van der Waals surface area contributed by atoms with E-state index in [0.717, 1.165) is 16.6 Å². The van der Waals surface area contributed by atoms with Crippen LogP contribution in [0.3, 0.4) is 0 Å². The molecule has 6 nitrogen and oxygen atoms in total. The van der Waals surface area contributed by atoms with Crippen molar-refractivity contribution in [2.45, 2.75) is 13.3 Å². The molecule has 1 saturated heterocycles. The number of halogens is 1. The zero-order valence-corrected chi connectivity index (χ0v) is 16.0. The molecule has 1 heterocycles. The van der Waals surface area contributed by atoms with Crippen LogP contribution in [0, 0.1) is 0 Å². The number of amides is 2. The van der Waals surface area contributed by atoms with Crippen molar-refractivity contribution in [3.8, 4) is 5.75 Å². The van der Waals surface area contributed by atoms with E-state index in [-0.39, 0.29) is 11.8 Å². The fourth-order valence-corrected chi connectivity index (χ4v) is 3.35. The Bertz CT molecular complexity index is 719. The van der Waals surface area contributed by atoms with Crippen LogP contribution in [0.15, 0.2) is 38.6 Å². The minimum atomic E-state index is -0.370. The fraction of sp³-hybridized carbons (Fsp3) is 0.312. The smallest absolute Gasteiger partial charge is 0.266 e. The van der Waals surface area contributed by atoms with Crippen LogP contribution < -0.4 is 10.1 Å². The van der Waals surface area contributed by atoms with Gasteiger partial charge in [-0.15, -0.1) is 0 Å². The van der Waals surface area contributed by atoms with Crippen molar-refractivity contribution >= 4 is 50.4 Å². The quantitative estimate of drug-likeness (QED) is 0.754.